The minimum absolute atomic E-state index is 0.974. The summed E-state index contributed by atoms with van der Waals surface area (Å²) < 4.78 is 6.61. The molecular weight excluding hydrogens is 395 g/mol. The van der Waals surface area contributed by atoms with E-state index < -0.39 is 0 Å². The minimum Gasteiger partial charge on any atom is -0.496 e. The van der Waals surface area contributed by atoms with Crippen LogP contribution in [-0.2, 0) is 6.42 Å². The molecule has 2 aromatic rings. The van der Waals surface area contributed by atoms with Gasteiger partial charge in [-0.3, -0.25) is 0 Å². The number of ether oxygens (including phenoxy) is 1. The van der Waals surface area contributed by atoms with E-state index in [9.17, 15) is 0 Å². The molecule has 0 bridgehead atoms. The first-order valence-corrected chi connectivity index (χ1v) is 10.1. The van der Waals surface area contributed by atoms with Gasteiger partial charge in [0.1, 0.15) is 5.75 Å². The van der Waals surface area contributed by atoms with Crippen molar-refractivity contribution in [3.8, 4) is 5.75 Å². The smallest absolute Gasteiger partial charge is 0.132 e. The van der Waals surface area contributed by atoms with Crippen molar-refractivity contribution in [2.45, 2.75) is 64.7 Å². The molecule has 126 valence electrons. The molecule has 0 saturated heterocycles. The lowest BCUT2D eigenvalue weighted by atomic mass is 10.0. The number of methoxy groups -OCH3 is 1. The topological polar surface area (TPSA) is 9.23 Å². The Labute approximate surface area is 155 Å². The maximum atomic E-state index is 5.44. The van der Waals surface area contributed by atoms with Crippen LogP contribution in [0, 0.1) is 3.57 Å². The monoisotopic (exact) mass is 424 g/mol. The third kappa shape index (κ3) is 5.98. The SMILES string of the molecule is CCCCCCCCCCc1ccc2cc(I)c(OC)cc2c1. The second-order valence-corrected chi connectivity index (χ2v) is 7.56. The molecule has 0 spiro atoms. The summed E-state index contributed by atoms with van der Waals surface area (Å²) in [6.45, 7) is 2.28. The van der Waals surface area contributed by atoms with E-state index in [0.29, 0.717) is 0 Å². The molecule has 0 heterocycles. The first-order chi connectivity index (χ1) is 11.2. The van der Waals surface area contributed by atoms with Crippen molar-refractivity contribution in [3.63, 3.8) is 0 Å². The van der Waals surface area contributed by atoms with Crippen LogP contribution in [0.4, 0.5) is 0 Å². The molecular formula is C21H29IO. The summed E-state index contributed by atoms with van der Waals surface area (Å²) in [7, 11) is 1.74. The zero-order chi connectivity index (χ0) is 16.5. The highest BCUT2D eigenvalue weighted by atomic mass is 127. The average Bonchev–Trinajstić information content (AvgIpc) is 2.56. The Balaban J connectivity index is 1.80. The summed E-state index contributed by atoms with van der Waals surface area (Å²) in [5.41, 5.74) is 1.45. The summed E-state index contributed by atoms with van der Waals surface area (Å²) >= 11 is 2.34. The van der Waals surface area contributed by atoms with E-state index >= 15 is 0 Å². The molecule has 0 saturated carbocycles. The van der Waals surface area contributed by atoms with E-state index in [1.165, 1.54) is 77.7 Å². The van der Waals surface area contributed by atoms with Gasteiger partial charge in [0, 0.05) is 0 Å². The lowest BCUT2D eigenvalue weighted by Gasteiger charge is -2.08. The van der Waals surface area contributed by atoms with Gasteiger partial charge in [-0.15, -0.1) is 0 Å². The number of rotatable bonds is 10. The van der Waals surface area contributed by atoms with Crippen molar-refractivity contribution in [2.24, 2.45) is 0 Å². The van der Waals surface area contributed by atoms with Crippen LogP contribution in [0.2, 0.25) is 0 Å². The number of hydrogen-bond acceptors (Lipinski definition) is 1. The normalized spacial score (nSPS) is 11.1. The van der Waals surface area contributed by atoms with Gasteiger partial charge in [0.2, 0.25) is 0 Å². The van der Waals surface area contributed by atoms with Crippen LogP contribution >= 0.6 is 22.6 Å². The zero-order valence-electron chi connectivity index (χ0n) is 14.5. The van der Waals surface area contributed by atoms with Crippen molar-refractivity contribution >= 4 is 33.4 Å². The van der Waals surface area contributed by atoms with Gasteiger partial charge in [0.05, 0.1) is 10.7 Å². The van der Waals surface area contributed by atoms with Crippen molar-refractivity contribution < 1.29 is 4.74 Å². The molecule has 1 nitrogen and oxygen atoms in total. The lowest BCUT2D eigenvalue weighted by Crippen LogP contribution is -1.90. The largest absolute Gasteiger partial charge is 0.496 e. The molecule has 0 fully saturated rings. The van der Waals surface area contributed by atoms with E-state index in [-0.39, 0.29) is 0 Å². The quantitative estimate of drug-likeness (QED) is 0.291. The number of hydrogen-bond donors (Lipinski definition) is 0. The highest BCUT2D eigenvalue weighted by molar-refractivity contribution is 14.1. The standard InChI is InChI=1S/C21H29IO/c1-3-4-5-6-7-8-9-10-11-17-12-13-18-15-20(22)21(23-2)16-19(18)14-17/h12-16H,3-11H2,1-2H3. The van der Waals surface area contributed by atoms with Gasteiger partial charge in [-0.1, -0.05) is 70.1 Å². The highest BCUT2D eigenvalue weighted by Gasteiger charge is 2.04. The summed E-state index contributed by atoms with van der Waals surface area (Å²) in [5, 5.41) is 2.59. The number of fused-ring (bicyclic) bond motifs is 1. The fourth-order valence-corrected chi connectivity index (χ4v) is 3.78. The molecule has 0 unspecified atom stereocenters. The van der Waals surface area contributed by atoms with Crippen LogP contribution in [0.1, 0.15) is 63.9 Å². The maximum absolute atomic E-state index is 5.44. The number of benzene rings is 2. The van der Waals surface area contributed by atoms with Crippen molar-refractivity contribution in [1.82, 2.24) is 0 Å². The highest BCUT2D eigenvalue weighted by Crippen LogP contribution is 2.28. The predicted molar refractivity (Wildman–Crippen MR) is 110 cm³/mol. The number of halogens is 1. The van der Waals surface area contributed by atoms with Gasteiger partial charge >= 0.3 is 0 Å². The maximum Gasteiger partial charge on any atom is 0.132 e. The second-order valence-electron chi connectivity index (χ2n) is 6.39. The summed E-state index contributed by atoms with van der Waals surface area (Å²) in [6.07, 6.45) is 12.2. The minimum atomic E-state index is 0.974. The molecule has 0 aliphatic carbocycles. The van der Waals surface area contributed by atoms with Gasteiger partial charge in [0.25, 0.3) is 0 Å². The molecule has 0 atom stereocenters. The zero-order valence-corrected chi connectivity index (χ0v) is 16.7. The second kappa shape index (κ2) is 10.2. The van der Waals surface area contributed by atoms with Crippen LogP contribution < -0.4 is 4.74 Å². The van der Waals surface area contributed by atoms with Crippen LogP contribution in [0.25, 0.3) is 10.8 Å². The van der Waals surface area contributed by atoms with Gasteiger partial charge in [-0.05, 0) is 63.9 Å². The molecule has 0 radical (unpaired) electrons. The molecule has 23 heavy (non-hydrogen) atoms. The summed E-state index contributed by atoms with van der Waals surface area (Å²) in [5.74, 6) is 0.974. The number of unbranched alkanes of at least 4 members (excludes halogenated alkanes) is 7. The first-order valence-electron chi connectivity index (χ1n) is 9.00. The molecule has 0 aromatic heterocycles. The molecule has 0 aliphatic heterocycles. The Morgan fingerprint density at radius 2 is 1.52 bits per heavy atom. The Kier molecular flexibility index (Phi) is 8.21. The fraction of sp³-hybridized carbons (Fsp3) is 0.524. The van der Waals surface area contributed by atoms with Crippen LogP contribution in [0.3, 0.4) is 0 Å². The fourth-order valence-electron chi connectivity index (χ4n) is 3.07. The summed E-state index contributed by atoms with van der Waals surface area (Å²) in [6, 6.07) is 11.2. The molecule has 2 rings (SSSR count). The van der Waals surface area contributed by atoms with E-state index in [1.54, 1.807) is 7.11 Å². The Morgan fingerprint density at radius 3 is 2.22 bits per heavy atom. The van der Waals surface area contributed by atoms with Gasteiger partial charge in [0.15, 0.2) is 0 Å². The average molecular weight is 424 g/mol. The van der Waals surface area contributed by atoms with Crippen LogP contribution in [0.15, 0.2) is 30.3 Å². The van der Waals surface area contributed by atoms with Crippen LogP contribution in [-0.4, -0.2) is 7.11 Å². The van der Waals surface area contributed by atoms with Gasteiger partial charge in [-0.25, -0.2) is 0 Å². The first kappa shape index (κ1) is 18.6. The van der Waals surface area contributed by atoms with Crippen molar-refractivity contribution in [2.75, 3.05) is 7.11 Å². The summed E-state index contributed by atoms with van der Waals surface area (Å²) in [4.78, 5) is 0. The van der Waals surface area contributed by atoms with E-state index in [0.717, 1.165) is 5.75 Å². The molecule has 0 aliphatic rings. The van der Waals surface area contributed by atoms with Crippen molar-refractivity contribution in [1.29, 1.82) is 0 Å². The molecule has 0 N–H and O–H groups in total. The lowest BCUT2D eigenvalue weighted by molar-refractivity contribution is 0.412. The Morgan fingerprint density at radius 1 is 0.826 bits per heavy atom. The Hall–Kier alpha value is -0.770. The van der Waals surface area contributed by atoms with E-state index in [4.69, 9.17) is 4.74 Å². The van der Waals surface area contributed by atoms with Gasteiger partial charge < -0.3 is 4.74 Å². The Bertz CT molecular complexity index is 606. The van der Waals surface area contributed by atoms with E-state index in [1.807, 2.05) is 0 Å². The predicted octanol–water partition coefficient (Wildman–Crippen LogP) is 7.14. The molecule has 2 heteroatoms. The van der Waals surface area contributed by atoms with Crippen LogP contribution in [0.5, 0.6) is 5.75 Å². The third-order valence-electron chi connectivity index (χ3n) is 4.49. The van der Waals surface area contributed by atoms with Gasteiger partial charge in [-0.2, -0.15) is 0 Å². The third-order valence-corrected chi connectivity index (χ3v) is 5.34. The molecule has 0 amide bonds. The van der Waals surface area contributed by atoms with E-state index in [2.05, 4.69) is 59.8 Å². The number of aryl methyl sites for hydroxylation is 1. The van der Waals surface area contributed by atoms with Crippen molar-refractivity contribution in [3.05, 3.63) is 39.5 Å². The molecule has 2 aromatic carbocycles.